The van der Waals surface area contributed by atoms with Crippen LogP contribution in [0, 0.1) is 0 Å². The summed E-state index contributed by atoms with van der Waals surface area (Å²) in [7, 11) is -3.69. The number of hydrogen-bond donors (Lipinski definition) is 0. The minimum Gasteiger partial charge on any atom is -0.494 e. The van der Waals surface area contributed by atoms with E-state index in [2.05, 4.69) is 0 Å². The van der Waals surface area contributed by atoms with Crippen molar-refractivity contribution in [2.24, 2.45) is 0 Å². The fraction of sp³-hybridized carbons (Fsp3) is 0.250. The Morgan fingerprint density at radius 1 is 1.00 bits per heavy atom. The van der Waals surface area contributed by atoms with Gasteiger partial charge in [-0.3, -0.25) is 4.31 Å². The molecule has 124 valence electrons. The predicted molar refractivity (Wildman–Crippen MR) is 94.3 cm³/mol. The number of sulfonamides is 1. The van der Waals surface area contributed by atoms with E-state index in [9.17, 15) is 8.42 Å². The average molecular weight is 374 g/mol. The summed E-state index contributed by atoms with van der Waals surface area (Å²) >= 11 is 11.9. The molecule has 0 radical (unpaired) electrons. The van der Waals surface area contributed by atoms with Crippen molar-refractivity contribution >= 4 is 38.9 Å². The first kappa shape index (κ1) is 17.9. The van der Waals surface area contributed by atoms with Crippen molar-refractivity contribution in [1.29, 1.82) is 0 Å². The lowest BCUT2D eigenvalue weighted by molar-refractivity contribution is 0.340. The molecule has 4 nitrogen and oxygen atoms in total. The molecule has 0 aliphatic carbocycles. The summed E-state index contributed by atoms with van der Waals surface area (Å²) in [5, 5.41) is 0.689. The first-order chi connectivity index (χ1) is 10.9. The van der Waals surface area contributed by atoms with Gasteiger partial charge in [0.25, 0.3) is 10.0 Å². The van der Waals surface area contributed by atoms with E-state index in [1.807, 2.05) is 6.92 Å². The van der Waals surface area contributed by atoms with Crippen LogP contribution in [0.15, 0.2) is 47.4 Å². The van der Waals surface area contributed by atoms with E-state index in [0.29, 0.717) is 28.1 Å². The van der Waals surface area contributed by atoms with Crippen LogP contribution in [0.5, 0.6) is 5.75 Å². The van der Waals surface area contributed by atoms with Gasteiger partial charge in [0.1, 0.15) is 5.75 Å². The molecule has 0 amide bonds. The molecule has 0 saturated carbocycles. The van der Waals surface area contributed by atoms with Gasteiger partial charge in [0, 0.05) is 6.54 Å². The summed E-state index contributed by atoms with van der Waals surface area (Å²) in [5.41, 5.74) is 0.468. The fourth-order valence-electron chi connectivity index (χ4n) is 2.13. The van der Waals surface area contributed by atoms with E-state index < -0.39 is 10.0 Å². The third-order valence-electron chi connectivity index (χ3n) is 3.20. The molecule has 0 saturated heterocycles. The Hall–Kier alpha value is -1.43. The molecule has 0 aromatic heterocycles. The number of nitrogens with zero attached hydrogens (tertiary/aromatic N) is 1. The number of anilines is 1. The monoisotopic (exact) mass is 373 g/mol. The Balaban J connectivity index is 2.40. The summed E-state index contributed by atoms with van der Waals surface area (Å²) in [4.78, 5) is 0.189. The second-order valence-electron chi connectivity index (χ2n) is 4.67. The Bertz CT molecular complexity index is 776. The second kappa shape index (κ2) is 7.43. The van der Waals surface area contributed by atoms with Crippen molar-refractivity contribution < 1.29 is 13.2 Å². The molecule has 23 heavy (non-hydrogen) atoms. The van der Waals surface area contributed by atoms with Crippen molar-refractivity contribution in [3.63, 3.8) is 0 Å². The van der Waals surface area contributed by atoms with Gasteiger partial charge in [-0.2, -0.15) is 0 Å². The maximum atomic E-state index is 12.8. The normalized spacial score (nSPS) is 11.3. The Labute approximate surface area is 146 Å². The zero-order valence-electron chi connectivity index (χ0n) is 12.8. The Morgan fingerprint density at radius 2 is 1.65 bits per heavy atom. The Kier molecular flexibility index (Phi) is 5.79. The van der Waals surface area contributed by atoms with Gasteiger partial charge in [-0.05, 0) is 56.3 Å². The van der Waals surface area contributed by atoms with E-state index in [0.717, 1.165) is 0 Å². The van der Waals surface area contributed by atoms with Gasteiger partial charge in [-0.15, -0.1) is 0 Å². The van der Waals surface area contributed by atoms with E-state index in [1.165, 1.54) is 16.4 Å². The number of benzene rings is 2. The summed E-state index contributed by atoms with van der Waals surface area (Å²) in [6, 6.07) is 11.1. The molecule has 0 N–H and O–H groups in total. The van der Waals surface area contributed by atoms with Gasteiger partial charge in [0.2, 0.25) is 0 Å². The number of halogens is 2. The molecular formula is C16H17Cl2NO3S. The van der Waals surface area contributed by atoms with Crippen molar-refractivity contribution in [2.45, 2.75) is 18.7 Å². The third-order valence-corrected chi connectivity index (χ3v) is 5.86. The summed E-state index contributed by atoms with van der Waals surface area (Å²) in [6.45, 7) is 4.42. The molecule has 0 aliphatic rings. The maximum Gasteiger partial charge on any atom is 0.264 e. The lowest BCUT2D eigenvalue weighted by Crippen LogP contribution is -2.30. The van der Waals surface area contributed by atoms with E-state index in [-0.39, 0.29) is 11.4 Å². The topological polar surface area (TPSA) is 46.6 Å². The van der Waals surface area contributed by atoms with Gasteiger partial charge < -0.3 is 4.74 Å². The van der Waals surface area contributed by atoms with Crippen LogP contribution in [0.25, 0.3) is 0 Å². The van der Waals surface area contributed by atoms with E-state index in [1.54, 1.807) is 37.3 Å². The number of hydrogen-bond acceptors (Lipinski definition) is 3. The van der Waals surface area contributed by atoms with Crippen LogP contribution < -0.4 is 9.04 Å². The average Bonchev–Trinajstić information content (AvgIpc) is 2.52. The molecule has 0 bridgehead atoms. The first-order valence-corrected chi connectivity index (χ1v) is 9.30. The lowest BCUT2D eigenvalue weighted by atomic mass is 10.3. The summed E-state index contributed by atoms with van der Waals surface area (Å²) < 4.78 is 32.3. The molecule has 0 atom stereocenters. The molecule has 0 fully saturated rings. The smallest absolute Gasteiger partial charge is 0.264 e. The molecule has 0 aliphatic heterocycles. The molecule has 0 heterocycles. The predicted octanol–water partition coefficient (Wildman–Crippen LogP) is 4.61. The van der Waals surface area contributed by atoms with Crippen LogP contribution in [0.1, 0.15) is 13.8 Å². The van der Waals surface area contributed by atoms with Gasteiger partial charge in [0.15, 0.2) is 0 Å². The molecule has 7 heteroatoms. The quantitative estimate of drug-likeness (QED) is 0.742. The summed E-state index contributed by atoms with van der Waals surface area (Å²) in [5.74, 6) is 0.629. The standard InChI is InChI=1S/C16H17Cl2NO3S/c1-3-19(12-5-10-15(17)16(18)11-12)23(20,21)14-8-6-13(7-9-14)22-4-2/h5-11H,3-4H2,1-2H3. The first-order valence-electron chi connectivity index (χ1n) is 7.10. The van der Waals surface area contributed by atoms with E-state index >= 15 is 0 Å². The largest absolute Gasteiger partial charge is 0.494 e. The number of ether oxygens (including phenoxy) is 1. The van der Waals surface area contributed by atoms with Crippen molar-refractivity contribution in [2.75, 3.05) is 17.5 Å². The fourth-order valence-corrected chi connectivity index (χ4v) is 3.89. The minimum absolute atomic E-state index is 0.189. The maximum absolute atomic E-state index is 12.8. The minimum atomic E-state index is -3.69. The second-order valence-corrected chi connectivity index (χ2v) is 7.35. The van der Waals surface area contributed by atoms with Gasteiger partial charge in [-0.1, -0.05) is 23.2 Å². The molecule has 2 aromatic carbocycles. The zero-order chi connectivity index (χ0) is 17.0. The highest BCUT2D eigenvalue weighted by Gasteiger charge is 2.24. The lowest BCUT2D eigenvalue weighted by Gasteiger charge is -2.23. The zero-order valence-corrected chi connectivity index (χ0v) is 15.1. The third kappa shape index (κ3) is 3.91. The van der Waals surface area contributed by atoms with Crippen LogP contribution in [0.4, 0.5) is 5.69 Å². The number of rotatable bonds is 6. The Morgan fingerprint density at radius 3 is 2.17 bits per heavy atom. The van der Waals surface area contributed by atoms with Crippen LogP contribution in [-0.2, 0) is 10.0 Å². The van der Waals surface area contributed by atoms with E-state index in [4.69, 9.17) is 27.9 Å². The molecule has 2 aromatic rings. The highest BCUT2D eigenvalue weighted by Crippen LogP contribution is 2.30. The van der Waals surface area contributed by atoms with Crippen LogP contribution in [-0.4, -0.2) is 21.6 Å². The highest BCUT2D eigenvalue weighted by molar-refractivity contribution is 7.92. The van der Waals surface area contributed by atoms with Crippen molar-refractivity contribution in [3.05, 3.63) is 52.5 Å². The van der Waals surface area contributed by atoms with Crippen molar-refractivity contribution in [3.8, 4) is 5.75 Å². The van der Waals surface area contributed by atoms with Gasteiger partial charge in [-0.25, -0.2) is 8.42 Å². The van der Waals surface area contributed by atoms with Crippen LogP contribution in [0.2, 0.25) is 10.0 Å². The summed E-state index contributed by atoms with van der Waals surface area (Å²) in [6.07, 6.45) is 0. The molecular weight excluding hydrogens is 357 g/mol. The highest BCUT2D eigenvalue weighted by atomic mass is 35.5. The van der Waals surface area contributed by atoms with Gasteiger partial charge >= 0.3 is 0 Å². The van der Waals surface area contributed by atoms with Crippen molar-refractivity contribution in [1.82, 2.24) is 0 Å². The SMILES string of the molecule is CCOc1ccc(S(=O)(=O)N(CC)c2ccc(Cl)c(Cl)c2)cc1. The molecule has 2 rings (SSSR count). The molecule has 0 spiro atoms. The molecule has 0 unspecified atom stereocenters. The van der Waals surface area contributed by atoms with Crippen LogP contribution in [0.3, 0.4) is 0 Å². The van der Waals surface area contributed by atoms with Crippen LogP contribution >= 0.6 is 23.2 Å². The van der Waals surface area contributed by atoms with Gasteiger partial charge in [0.05, 0.1) is 27.2 Å².